The zero-order valence-corrected chi connectivity index (χ0v) is 7.00. The van der Waals surface area contributed by atoms with Gasteiger partial charge in [-0.1, -0.05) is 19.3 Å². The minimum atomic E-state index is -0.165. The van der Waals surface area contributed by atoms with Crippen molar-refractivity contribution < 1.29 is 0 Å². The maximum Gasteiger partial charge on any atom is 0.0520 e. The van der Waals surface area contributed by atoms with Crippen LogP contribution in [0.25, 0.3) is 0 Å². The van der Waals surface area contributed by atoms with Crippen LogP contribution in [0.1, 0.15) is 32.1 Å². The van der Waals surface area contributed by atoms with Gasteiger partial charge in [0.2, 0.25) is 0 Å². The van der Waals surface area contributed by atoms with Gasteiger partial charge < -0.3 is 22.9 Å². The second kappa shape index (κ2) is 6.54. The van der Waals surface area contributed by atoms with E-state index in [9.17, 15) is 0 Å². The summed E-state index contributed by atoms with van der Waals surface area (Å²) in [6.07, 6.45) is 4.72. The van der Waals surface area contributed by atoms with Gasteiger partial charge in [-0.3, -0.25) is 0 Å². The molecule has 0 bridgehead atoms. The van der Waals surface area contributed by atoms with Crippen LogP contribution in [0.15, 0.2) is 0 Å². The van der Waals surface area contributed by atoms with Crippen LogP contribution in [0, 0.1) is 0 Å². The molecule has 0 rings (SSSR count). The average Bonchev–Trinajstić information content (AvgIpc) is 1.85. The van der Waals surface area contributed by atoms with E-state index in [1.54, 1.807) is 0 Å². The van der Waals surface area contributed by atoms with Crippen LogP contribution >= 0.6 is 0 Å². The fourth-order valence-electron chi connectivity index (χ4n) is 0.937. The first-order chi connectivity index (χ1) is 5.13. The van der Waals surface area contributed by atoms with Gasteiger partial charge in [0.25, 0.3) is 0 Å². The van der Waals surface area contributed by atoms with Crippen LogP contribution in [0.5, 0.6) is 0 Å². The molecule has 4 heteroatoms. The molecule has 11 heavy (non-hydrogen) atoms. The number of hydrogen-bond donors (Lipinski definition) is 4. The van der Waals surface area contributed by atoms with E-state index in [1.807, 2.05) is 0 Å². The molecule has 8 N–H and O–H groups in total. The SMILES string of the molecule is NC(N)CCCCCC(N)N. The van der Waals surface area contributed by atoms with Gasteiger partial charge in [-0.15, -0.1) is 0 Å². The molecule has 0 atom stereocenters. The highest BCUT2D eigenvalue weighted by atomic mass is 14.8. The first-order valence-electron chi connectivity index (χ1n) is 4.15. The van der Waals surface area contributed by atoms with Crippen molar-refractivity contribution >= 4 is 0 Å². The summed E-state index contributed by atoms with van der Waals surface area (Å²) in [6.45, 7) is 0. The molecule has 0 saturated heterocycles. The molecule has 0 unspecified atom stereocenters. The van der Waals surface area contributed by atoms with E-state index in [-0.39, 0.29) is 12.3 Å². The summed E-state index contributed by atoms with van der Waals surface area (Å²) in [5, 5.41) is 0. The lowest BCUT2D eigenvalue weighted by Crippen LogP contribution is -2.30. The van der Waals surface area contributed by atoms with Crippen molar-refractivity contribution in [3.8, 4) is 0 Å². The van der Waals surface area contributed by atoms with Crippen LogP contribution in [0.3, 0.4) is 0 Å². The van der Waals surface area contributed by atoms with Crippen molar-refractivity contribution in [3.05, 3.63) is 0 Å². The molecule has 0 radical (unpaired) electrons. The van der Waals surface area contributed by atoms with Crippen molar-refractivity contribution in [1.29, 1.82) is 0 Å². The standard InChI is InChI=1S/C7H20N4/c8-6(9)4-2-1-3-5-7(10)11/h6-7H,1-5,8-11H2. The fourth-order valence-corrected chi connectivity index (χ4v) is 0.937. The Morgan fingerprint density at radius 2 is 1.00 bits per heavy atom. The summed E-state index contributed by atoms with van der Waals surface area (Å²) in [5.41, 5.74) is 21.5. The minimum absolute atomic E-state index is 0.165. The van der Waals surface area contributed by atoms with Crippen LogP contribution in [0.2, 0.25) is 0 Å². The molecule has 68 valence electrons. The van der Waals surface area contributed by atoms with E-state index >= 15 is 0 Å². The van der Waals surface area contributed by atoms with E-state index in [1.165, 1.54) is 0 Å². The van der Waals surface area contributed by atoms with E-state index < -0.39 is 0 Å². The van der Waals surface area contributed by atoms with Gasteiger partial charge in [0, 0.05) is 0 Å². The first-order valence-corrected chi connectivity index (χ1v) is 4.15. The van der Waals surface area contributed by atoms with Crippen molar-refractivity contribution in [2.75, 3.05) is 0 Å². The molecule has 0 spiro atoms. The maximum atomic E-state index is 5.36. The molecular formula is C7H20N4. The van der Waals surface area contributed by atoms with Gasteiger partial charge >= 0.3 is 0 Å². The van der Waals surface area contributed by atoms with Gasteiger partial charge in [0.05, 0.1) is 12.3 Å². The monoisotopic (exact) mass is 160 g/mol. The molecule has 0 aromatic rings. The number of rotatable bonds is 6. The Balaban J connectivity index is 2.91. The second-order valence-corrected chi connectivity index (χ2v) is 2.97. The van der Waals surface area contributed by atoms with Crippen LogP contribution < -0.4 is 22.9 Å². The molecule has 0 heterocycles. The molecule has 0 aliphatic carbocycles. The van der Waals surface area contributed by atoms with Gasteiger partial charge in [-0.25, -0.2) is 0 Å². The third-order valence-corrected chi connectivity index (χ3v) is 1.57. The maximum absolute atomic E-state index is 5.36. The Hall–Kier alpha value is -0.160. The molecule has 0 aliphatic heterocycles. The Labute approximate surface area is 68.3 Å². The second-order valence-electron chi connectivity index (χ2n) is 2.97. The molecular weight excluding hydrogens is 140 g/mol. The van der Waals surface area contributed by atoms with E-state index in [4.69, 9.17) is 22.9 Å². The van der Waals surface area contributed by atoms with Crippen molar-refractivity contribution in [3.63, 3.8) is 0 Å². The molecule has 0 aromatic carbocycles. The summed E-state index contributed by atoms with van der Waals surface area (Å²) in [7, 11) is 0. The van der Waals surface area contributed by atoms with Gasteiger partial charge in [-0.05, 0) is 12.8 Å². The Bertz CT molecular complexity index is 72.5. The number of unbranched alkanes of at least 4 members (excludes halogenated alkanes) is 2. The van der Waals surface area contributed by atoms with Crippen LogP contribution in [-0.4, -0.2) is 12.3 Å². The zero-order valence-electron chi connectivity index (χ0n) is 7.00. The fraction of sp³-hybridized carbons (Fsp3) is 1.00. The van der Waals surface area contributed by atoms with E-state index in [2.05, 4.69) is 0 Å². The molecule has 0 aliphatic rings. The summed E-state index contributed by atoms with van der Waals surface area (Å²) in [4.78, 5) is 0. The van der Waals surface area contributed by atoms with Crippen molar-refractivity contribution in [2.45, 2.75) is 44.4 Å². The average molecular weight is 160 g/mol. The Morgan fingerprint density at radius 3 is 1.27 bits per heavy atom. The highest BCUT2D eigenvalue weighted by molar-refractivity contribution is 4.54. The van der Waals surface area contributed by atoms with Gasteiger partial charge in [0.1, 0.15) is 0 Å². The lowest BCUT2D eigenvalue weighted by Gasteiger charge is -2.06. The molecule has 0 saturated carbocycles. The number of nitrogens with two attached hydrogens (primary N) is 4. The Morgan fingerprint density at radius 1 is 0.636 bits per heavy atom. The summed E-state index contributed by atoms with van der Waals surface area (Å²) < 4.78 is 0. The molecule has 0 aromatic heterocycles. The molecule has 4 nitrogen and oxygen atoms in total. The van der Waals surface area contributed by atoms with Gasteiger partial charge in [0.15, 0.2) is 0 Å². The normalized spacial score (nSPS) is 11.5. The third kappa shape index (κ3) is 9.84. The van der Waals surface area contributed by atoms with Crippen molar-refractivity contribution in [1.82, 2.24) is 0 Å². The van der Waals surface area contributed by atoms with E-state index in [0.717, 1.165) is 32.1 Å². The van der Waals surface area contributed by atoms with Crippen LogP contribution in [0.4, 0.5) is 0 Å². The molecule has 0 amide bonds. The topological polar surface area (TPSA) is 104 Å². The number of hydrogen-bond acceptors (Lipinski definition) is 4. The van der Waals surface area contributed by atoms with Crippen molar-refractivity contribution in [2.24, 2.45) is 22.9 Å². The minimum Gasteiger partial charge on any atom is -0.316 e. The predicted molar refractivity (Wildman–Crippen MR) is 47.4 cm³/mol. The largest absolute Gasteiger partial charge is 0.316 e. The first kappa shape index (κ1) is 10.8. The third-order valence-electron chi connectivity index (χ3n) is 1.57. The summed E-state index contributed by atoms with van der Waals surface area (Å²) in [5.74, 6) is 0. The van der Waals surface area contributed by atoms with E-state index in [0.29, 0.717) is 0 Å². The van der Waals surface area contributed by atoms with Crippen LogP contribution in [-0.2, 0) is 0 Å². The lowest BCUT2D eigenvalue weighted by molar-refractivity contribution is 0.525. The predicted octanol–water partition coefficient (Wildman–Crippen LogP) is -0.576. The zero-order chi connectivity index (χ0) is 8.69. The quantitative estimate of drug-likeness (QED) is 0.308. The lowest BCUT2D eigenvalue weighted by atomic mass is 10.1. The highest BCUT2D eigenvalue weighted by Crippen LogP contribution is 2.02. The summed E-state index contributed by atoms with van der Waals surface area (Å²) >= 11 is 0. The van der Waals surface area contributed by atoms with Gasteiger partial charge in [-0.2, -0.15) is 0 Å². The smallest absolute Gasteiger partial charge is 0.0520 e. The Kier molecular flexibility index (Phi) is 6.45. The summed E-state index contributed by atoms with van der Waals surface area (Å²) in [6, 6.07) is 0. The highest BCUT2D eigenvalue weighted by Gasteiger charge is 1.96. The molecule has 0 fully saturated rings.